The SMILES string of the molecule is CCCC1CC(=O)C2=C(C1)NC(C)=C(C#N)C2c1cc(Br)c(NCc2ccccc2NC(C)=O)c(NS(=O)(=O)CCC)c1. The van der Waals surface area contributed by atoms with Gasteiger partial charge < -0.3 is 16.0 Å². The summed E-state index contributed by atoms with van der Waals surface area (Å²) in [6, 6.07) is 13.2. The number of amides is 1. The molecular formula is C32H38BrN5O4S. The fourth-order valence-corrected chi connectivity index (χ4v) is 7.68. The Morgan fingerprint density at radius 2 is 1.88 bits per heavy atom. The zero-order chi connectivity index (χ0) is 31.3. The Hall–Kier alpha value is -3.62. The number of carbonyl (C=O) groups is 2. The number of halogens is 1. The molecule has 1 aliphatic carbocycles. The number of anilines is 3. The van der Waals surface area contributed by atoms with E-state index >= 15 is 0 Å². The molecule has 1 aliphatic heterocycles. The van der Waals surface area contributed by atoms with Crippen LogP contribution in [0.1, 0.15) is 76.8 Å². The van der Waals surface area contributed by atoms with Gasteiger partial charge in [0, 0.05) is 47.0 Å². The Labute approximate surface area is 262 Å². The third-order valence-corrected chi connectivity index (χ3v) is 9.80. The van der Waals surface area contributed by atoms with Gasteiger partial charge >= 0.3 is 0 Å². The molecule has 2 atom stereocenters. The Kier molecular flexibility index (Phi) is 10.4. The molecule has 228 valence electrons. The van der Waals surface area contributed by atoms with Crippen molar-refractivity contribution in [3.63, 3.8) is 0 Å². The molecule has 1 amide bonds. The molecule has 0 bridgehead atoms. The van der Waals surface area contributed by atoms with Crippen molar-refractivity contribution in [2.24, 2.45) is 5.92 Å². The minimum atomic E-state index is -3.69. The van der Waals surface area contributed by atoms with Gasteiger partial charge in [0.05, 0.1) is 34.7 Å². The Balaban J connectivity index is 1.81. The number of carbonyl (C=O) groups excluding carboxylic acids is 2. The number of benzene rings is 2. The molecular weight excluding hydrogens is 630 g/mol. The van der Waals surface area contributed by atoms with E-state index in [9.17, 15) is 23.3 Å². The standard InChI is InChI=1S/C32H38BrN5O4S/c1-5-9-21-13-27-31(29(40)14-21)30(24(17-34)19(3)36-27)23-15-25(33)32(28(16-23)38-43(41,42)12-6-2)35-18-22-10-7-8-11-26(22)37-20(4)39/h7-8,10-11,15-16,21,30,35-36,38H,5-6,9,12-14,18H2,1-4H3,(H,37,39). The highest BCUT2D eigenvalue weighted by molar-refractivity contribution is 9.10. The van der Waals surface area contributed by atoms with E-state index in [0.717, 1.165) is 30.5 Å². The van der Waals surface area contributed by atoms with Crippen LogP contribution in [0, 0.1) is 17.2 Å². The van der Waals surface area contributed by atoms with Crippen LogP contribution in [0.5, 0.6) is 0 Å². The summed E-state index contributed by atoms with van der Waals surface area (Å²) < 4.78 is 29.3. The predicted molar refractivity (Wildman–Crippen MR) is 174 cm³/mol. The van der Waals surface area contributed by atoms with Gasteiger partial charge in [0.1, 0.15) is 0 Å². The normalized spacial score (nSPS) is 18.5. The molecule has 4 N–H and O–H groups in total. The number of rotatable bonds is 11. The highest BCUT2D eigenvalue weighted by Gasteiger charge is 2.39. The Morgan fingerprint density at radius 1 is 1.14 bits per heavy atom. The number of nitrogens with zero attached hydrogens (tertiary/aromatic N) is 1. The van der Waals surface area contributed by atoms with E-state index < -0.39 is 15.9 Å². The molecule has 2 aromatic carbocycles. The van der Waals surface area contributed by atoms with E-state index in [1.807, 2.05) is 31.2 Å². The first-order valence-corrected chi connectivity index (χ1v) is 17.0. The molecule has 2 unspecified atom stereocenters. The molecule has 0 fully saturated rings. The van der Waals surface area contributed by atoms with Crippen molar-refractivity contribution in [1.82, 2.24) is 5.32 Å². The number of ketones is 1. The largest absolute Gasteiger partial charge is 0.378 e. The fraction of sp³-hybridized carbons (Fsp3) is 0.406. The monoisotopic (exact) mass is 667 g/mol. The van der Waals surface area contributed by atoms with E-state index in [2.05, 4.69) is 49.6 Å². The van der Waals surface area contributed by atoms with E-state index in [0.29, 0.717) is 63.3 Å². The average molecular weight is 669 g/mol. The van der Waals surface area contributed by atoms with Crippen molar-refractivity contribution in [2.75, 3.05) is 21.1 Å². The summed E-state index contributed by atoms with van der Waals surface area (Å²) >= 11 is 3.65. The molecule has 4 rings (SSSR count). The lowest BCUT2D eigenvalue weighted by atomic mass is 9.72. The minimum Gasteiger partial charge on any atom is -0.378 e. The van der Waals surface area contributed by atoms with Crippen molar-refractivity contribution in [1.29, 1.82) is 5.26 Å². The number of nitrogens with one attached hydrogen (secondary N) is 4. The van der Waals surface area contributed by atoms with Gasteiger partial charge in [-0.3, -0.25) is 14.3 Å². The van der Waals surface area contributed by atoms with Gasteiger partial charge in [0.15, 0.2) is 5.78 Å². The number of nitriles is 1. The molecule has 0 radical (unpaired) electrons. The third-order valence-electron chi connectivity index (χ3n) is 7.70. The van der Waals surface area contributed by atoms with E-state index in [1.54, 1.807) is 19.1 Å². The van der Waals surface area contributed by atoms with Crippen LogP contribution < -0.4 is 20.7 Å². The second kappa shape index (κ2) is 13.8. The van der Waals surface area contributed by atoms with Crippen molar-refractivity contribution < 1.29 is 18.0 Å². The van der Waals surface area contributed by atoms with Crippen LogP contribution in [-0.4, -0.2) is 25.9 Å². The second-order valence-electron chi connectivity index (χ2n) is 11.1. The predicted octanol–water partition coefficient (Wildman–Crippen LogP) is 6.69. The minimum absolute atomic E-state index is 0.0125. The fourth-order valence-electron chi connectivity index (χ4n) is 5.92. The summed E-state index contributed by atoms with van der Waals surface area (Å²) in [4.78, 5) is 25.3. The summed E-state index contributed by atoms with van der Waals surface area (Å²) in [5.74, 6) is -0.634. The quantitative estimate of drug-likeness (QED) is 0.209. The zero-order valence-electron chi connectivity index (χ0n) is 24.9. The number of para-hydroxylation sites is 1. The highest BCUT2D eigenvalue weighted by Crippen LogP contribution is 2.46. The van der Waals surface area contributed by atoms with Crippen LogP contribution in [0.15, 0.2) is 63.4 Å². The molecule has 0 saturated heterocycles. The summed E-state index contributed by atoms with van der Waals surface area (Å²) in [5, 5.41) is 19.7. The maximum atomic E-state index is 13.6. The van der Waals surface area contributed by atoms with Crippen LogP contribution in [0.3, 0.4) is 0 Å². The van der Waals surface area contributed by atoms with Crippen LogP contribution in [0.2, 0.25) is 0 Å². The second-order valence-corrected chi connectivity index (χ2v) is 13.8. The van der Waals surface area contributed by atoms with E-state index in [-0.39, 0.29) is 23.4 Å². The first kappa shape index (κ1) is 32.3. The zero-order valence-corrected chi connectivity index (χ0v) is 27.3. The maximum absolute atomic E-state index is 13.6. The lowest BCUT2D eigenvalue weighted by Crippen LogP contribution is -2.34. The molecule has 0 aromatic heterocycles. The smallest absolute Gasteiger partial charge is 0.232 e. The number of hydrogen-bond acceptors (Lipinski definition) is 7. The number of dihydropyridines is 1. The van der Waals surface area contributed by atoms with Gasteiger partial charge in [-0.15, -0.1) is 0 Å². The maximum Gasteiger partial charge on any atom is 0.232 e. The topological polar surface area (TPSA) is 140 Å². The first-order chi connectivity index (χ1) is 20.5. The van der Waals surface area contributed by atoms with E-state index in [4.69, 9.17) is 0 Å². The molecule has 43 heavy (non-hydrogen) atoms. The number of sulfonamides is 1. The third kappa shape index (κ3) is 7.48. The molecule has 2 aliphatic rings. The summed E-state index contributed by atoms with van der Waals surface area (Å²) in [6.45, 7) is 7.47. The van der Waals surface area contributed by atoms with Crippen molar-refractivity contribution in [3.8, 4) is 6.07 Å². The van der Waals surface area contributed by atoms with Crippen molar-refractivity contribution >= 4 is 54.7 Å². The molecule has 2 aromatic rings. The average Bonchev–Trinajstić information content (AvgIpc) is 2.92. The molecule has 11 heteroatoms. The lowest BCUT2D eigenvalue weighted by molar-refractivity contribution is -0.117. The van der Waals surface area contributed by atoms with Crippen LogP contribution in [0.25, 0.3) is 0 Å². The van der Waals surface area contributed by atoms with Crippen molar-refractivity contribution in [3.05, 3.63) is 74.5 Å². The van der Waals surface area contributed by atoms with Crippen LogP contribution in [0.4, 0.5) is 17.1 Å². The lowest BCUT2D eigenvalue weighted by Gasteiger charge is -2.36. The van der Waals surface area contributed by atoms with Gasteiger partial charge in [0.2, 0.25) is 15.9 Å². The van der Waals surface area contributed by atoms with Crippen molar-refractivity contribution in [2.45, 2.75) is 72.3 Å². The van der Waals surface area contributed by atoms with Gasteiger partial charge in [-0.25, -0.2) is 8.42 Å². The van der Waals surface area contributed by atoms with Gasteiger partial charge in [0.25, 0.3) is 0 Å². The summed E-state index contributed by atoms with van der Waals surface area (Å²) in [5.41, 5.74) is 5.44. The Bertz CT molecular complexity index is 1640. The van der Waals surface area contributed by atoms with Gasteiger partial charge in [-0.1, -0.05) is 38.5 Å². The van der Waals surface area contributed by atoms with Crippen LogP contribution >= 0.6 is 15.9 Å². The van der Waals surface area contributed by atoms with Gasteiger partial charge in [-0.05, 0) is 77.4 Å². The number of allylic oxidation sites excluding steroid dienone is 4. The Morgan fingerprint density at radius 3 is 2.56 bits per heavy atom. The molecule has 9 nitrogen and oxygen atoms in total. The van der Waals surface area contributed by atoms with Gasteiger partial charge in [-0.2, -0.15) is 5.26 Å². The summed E-state index contributed by atoms with van der Waals surface area (Å²) in [6.07, 6.45) is 3.52. The first-order valence-electron chi connectivity index (χ1n) is 14.5. The van der Waals surface area contributed by atoms with E-state index in [1.165, 1.54) is 6.92 Å². The number of Topliss-reactive ketones (excluding diaryl/α,β-unsaturated/α-hetero) is 1. The highest BCUT2D eigenvalue weighted by atomic mass is 79.9. The molecule has 1 heterocycles. The molecule has 0 spiro atoms. The van der Waals surface area contributed by atoms with Crippen LogP contribution in [-0.2, 0) is 26.2 Å². The summed E-state index contributed by atoms with van der Waals surface area (Å²) in [7, 11) is -3.69. The molecule has 0 saturated carbocycles. The number of hydrogen-bond donors (Lipinski definition) is 4.